The standard InChI is InChI=1S/C15H21ClN2O3S/c1-12-5-4-8-17(10-12)15(19)11-18(22(2,20)21)14-7-3-6-13(16)9-14/h3,6-7,9,12H,4-5,8,10-11H2,1-2H3. The fourth-order valence-electron chi connectivity index (χ4n) is 2.67. The molecule has 0 spiro atoms. The summed E-state index contributed by atoms with van der Waals surface area (Å²) in [5.41, 5.74) is 0.411. The summed E-state index contributed by atoms with van der Waals surface area (Å²) >= 11 is 5.93. The summed E-state index contributed by atoms with van der Waals surface area (Å²) in [5.74, 6) is 0.285. The number of anilines is 1. The van der Waals surface area contributed by atoms with Crippen molar-refractivity contribution in [2.24, 2.45) is 5.92 Å². The third kappa shape index (κ3) is 4.36. The smallest absolute Gasteiger partial charge is 0.243 e. The number of carbonyl (C=O) groups is 1. The third-order valence-electron chi connectivity index (χ3n) is 3.79. The number of halogens is 1. The van der Waals surface area contributed by atoms with Crippen LogP contribution in [0.3, 0.4) is 0 Å². The number of sulfonamides is 1. The van der Waals surface area contributed by atoms with Crippen molar-refractivity contribution in [3.8, 4) is 0 Å². The Kier molecular flexibility index (Phi) is 5.34. The van der Waals surface area contributed by atoms with E-state index < -0.39 is 10.0 Å². The Bertz CT molecular complexity index is 648. The van der Waals surface area contributed by atoms with E-state index in [9.17, 15) is 13.2 Å². The van der Waals surface area contributed by atoms with Gasteiger partial charge in [0.05, 0.1) is 11.9 Å². The number of nitrogens with zero attached hydrogens (tertiary/aromatic N) is 2. The van der Waals surface area contributed by atoms with Gasteiger partial charge in [0.15, 0.2) is 0 Å². The number of likely N-dealkylation sites (tertiary alicyclic amines) is 1. The Morgan fingerprint density at radius 3 is 2.77 bits per heavy atom. The SMILES string of the molecule is CC1CCCN(C(=O)CN(c2cccc(Cl)c2)S(C)(=O)=O)C1. The molecule has 1 aromatic carbocycles. The van der Waals surface area contributed by atoms with Gasteiger partial charge in [-0.25, -0.2) is 8.42 Å². The molecule has 1 aliphatic rings. The molecule has 2 rings (SSSR count). The number of piperidine rings is 1. The molecule has 1 fully saturated rings. The first-order chi connectivity index (χ1) is 10.3. The molecule has 0 aromatic heterocycles. The van der Waals surface area contributed by atoms with Crippen LogP contribution in [0.25, 0.3) is 0 Å². The van der Waals surface area contributed by atoms with Crippen LogP contribution in [0.2, 0.25) is 5.02 Å². The van der Waals surface area contributed by atoms with E-state index in [-0.39, 0.29) is 12.5 Å². The monoisotopic (exact) mass is 344 g/mol. The highest BCUT2D eigenvalue weighted by atomic mass is 35.5. The highest BCUT2D eigenvalue weighted by molar-refractivity contribution is 7.92. The maximum absolute atomic E-state index is 12.4. The second-order valence-electron chi connectivity index (χ2n) is 5.84. The van der Waals surface area contributed by atoms with Crippen molar-refractivity contribution in [1.29, 1.82) is 0 Å². The van der Waals surface area contributed by atoms with Gasteiger partial charge in [0.1, 0.15) is 6.54 Å². The molecule has 1 aliphatic heterocycles. The van der Waals surface area contributed by atoms with E-state index in [1.54, 1.807) is 29.2 Å². The number of hydrogen-bond acceptors (Lipinski definition) is 3. The van der Waals surface area contributed by atoms with Crippen LogP contribution in [0.1, 0.15) is 19.8 Å². The molecule has 1 saturated heterocycles. The van der Waals surface area contributed by atoms with E-state index >= 15 is 0 Å². The number of hydrogen-bond donors (Lipinski definition) is 0. The van der Waals surface area contributed by atoms with Gasteiger partial charge in [0, 0.05) is 18.1 Å². The minimum atomic E-state index is -3.55. The lowest BCUT2D eigenvalue weighted by molar-refractivity contribution is -0.131. The number of rotatable bonds is 4. The highest BCUT2D eigenvalue weighted by Gasteiger charge is 2.26. The van der Waals surface area contributed by atoms with Crippen LogP contribution >= 0.6 is 11.6 Å². The molecule has 5 nitrogen and oxygen atoms in total. The normalized spacial score (nSPS) is 19.0. The van der Waals surface area contributed by atoms with Crippen LogP contribution in [0.15, 0.2) is 24.3 Å². The molecular weight excluding hydrogens is 324 g/mol. The predicted molar refractivity (Wildman–Crippen MR) is 88.6 cm³/mol. The summed E-state index contributed by atoms with van der Waals surface area (Å²) in [6.07, 6.45) is 3.16. The van der Waals surface area contributed by atoms with Gasteiger partial charge in [-0.15, -0.1) is 0 Å². The van der Waals surface area contributed by atoms with Gasteiger partial charge >= 0.3 is 0 Å². The molecular formula is C15H21ClN2O3S. The number of carbonyl (C=O) groups excluding carboxylic acids is 1. The quantitative estimate of drug-likeness (QED) is 0.842. The Hall–Kier alpha value is -1.27. The minimum absolute atomic E-state index is 0.169. The van der Waals surface area contributed by atoms with Gasteiger partial charge in [0.2, 0.25) is 15.9 Å². The van der Waals surface area contributed by atoms with Gasteiger partial charge in [0.25, 0.3) is 0 Å². The van der Waals surface area contributed by atoms with Crippen molar-refractivity contribution in [1.82, 2.24) is 4.90 Å². The summed E-state index contributed by atoms with van der Waals surface area (Å²) in [7, 11) is -3.55. The first kappa shape index (κ1) is 17.1. The van der Waals surface area contributed by atoms with E-state index in [0.29, 0.717) is 29.7 Å². The second-order valence-corrected chi connectivity index (χ2v) is 8.18. The molecule has 7 heteroatoms. The van der Waals surface area contributed by atoms with Gasteiger partial charge in [-0.2, -0.15) is 0 Å². The molecule has 0 bridgehead atoms. The lowest BCUT2D eigenvalue weighted by Gasteiger charge is -2.33. The largest absolute Gasteiger partial charge is 0.341 e. The molecule has 0 N–H and O–H groups in total. The summed E-state index contributed by atoms with van der Waals surface area (Å²) in [6, 6.07) is 6.52. The fraction of sp³-hybridized carbons (Fsp3) is 0.533. The van der Waals surface area contributed by atoms with E-state index in [0.717, 1.165) is 23.4 Å². The molecule has 0 aliphatic carbocycles. The molecule has 1 atom stereocenters. The van der Waals surface area contributed by atoms with Crippen LogP contribution in [0.4, 0.5) is 5.69 Å². The number of benzene rings is 1. The first-order valence-electron chi connectivity index (χ1n) is 7.28. The van der Waals surface area contributed by atoms with Crippen LogP contribution < -0.4 is 4.31 Å². The van der Waals surface area contributed by atoms with E-state index in [2.05, 4.69) is 6.92 Å². The maximum Gasteiger partial charge on any atom is 0.243 e. The maximum atomic E-state index is 12.4. The van der Waals surface area contributed by atoms with Gasteiger partial charge in [-0.3, -0.25) is 9.10 Å². The summed E-state index contributed by atoms with van der Waals surface area (Å²) in [6.45, 7) is 3.29. The molecule has 0 saturated carbocycles. The number of amides is 1. The summed E-state index contributed by atoms with van der Waals surface area (Å²) < 4.78 is 25.2. The highest BCUT2D eigenvalue weighted by Crippen LogP contribution is 2.22. The van der Waals surface area contributed by atoms with Crippen LogP contribution in [-0.2, 0) is 14.8 Å². The molecule has 22 heavy (non-hydrogen) atoms. The molecule has 1 aromatic rings. The van der Waals surface area contributed by atoms with Crippen molar-refractivity contribution < 1.29 is 13.2 Å². The van der Waals surface area contributed by atoms with Gasteiger partial charge in [-0.05, 0) is 37.0 Å². The third-order valence-corrected chi connectivity index (χ3v) is 5.16. The lowest BCUT2D eigenvalue weighted by Crippen LogP contribution is -2.46. The predicted octanol–water partition coefficient (Wildman–Crippen LogP) is 2.36. The molecule has 122 valence electrons. The topological polar surface area (TPSA) is 57.7 Å². The Morgan fingerprint density at radius 2 is 2.18 bits per heavy atom. The molecule has 1 amide bonds. The lowest BCUT2D eigenvalue weighted by atomic mass is 10.0. The average Bonchev–Trinajstić information content (AvgIpc) is 2.43. The molecule has 1 heterocycles. The summed E-state index contributed by atoms with van der Waals surface area (Å²) in [4.78, 5) is 14.2. The Balaban J connectivity index is 2.19. The van der Waals surface area contributed by atoms with Crippen molar-refractivity contribution in [2.75, 3.05) is 30.2 Å². The van der Waals surface area contributed by atoms with Gasteiger partial charge in [-0.1, -0.05) is 24.6 Å². The Morgan fingerprint density at radius 1 is 1.45 bits per heavy atom. The second kappa shape index (κ2) is 6.87. The molecule has 1 unspecified atom stereocenters. The van der Waals surface area contributed by atoms with E-state index in [1.807, 2.05) is 0 Å². The van der Waals surface area contributed by atoms with Crippen LogP contribution in [-0.4, -0.2) is 45.1 Å². The Labute approximate surface area is 136 Å². The van der Waals surface area contributed by atoms with Crippen molar-refractivity contribution in [3.05, 3.63) is 29.3 Å². The zero-order valence-corrected chi connectivity index (χ0v) is 14.4. The summed E-state index contributed by atoms with van der Waals surface area (Å²) in [5, 5.41) is 0.435. The van der Waals surface area contributed by atoms with E-state index in [4.69, 9.17) is 11.6 Å². The van der Waals surface area contributed by atoms with Crippen molar-refractivity contribution in [2.45, 2.75) is 19.8 Å². The fourth-order valence-corrected chi connectivity index (χ4v) is 3.70. The zero-order valence-electron chi connectivity index (χ0n) is 12.8. The average molecular weight is 345 g/mol. The first-order valence-corrected chi connectivity index (χ1v) is 9.51. The van der Waals surface area contributed by atoms with Crippen LogP contribution in [0, 0.1) is 5.92 Å². The van der Waals surface area contributed by atoms with Gasteiger partial charge < -0.3 is 4.90 Å². The molecule has 0 radical (unpaired) electrons. The zero-order chi connectivity index (χ0) is 16.3. The van der Waals surface area contributed by atoms with Crippen LogP contribution in [0.5, 0.6) is 0 Å². The van der Waals surface area contributed by atoms with Crippen molar-refractivity contribution >= 4 is 33.2 Å². The van der Waals surface area contributed by atoms with Crippen molar-refractivity contribution in [3.63, 3.8) is 0 Å². The van der Waals surface area contributed by atoms with E-state index in [1.165, 1.54) is 0 Å². The minimum Gasteiger partial charge on any atom is -0.341 e.